The lowest BCUT2D eigenvalue weighted by Gasteiger charge is -2.09. The highest BCUT2D eigenvalue weighted by molar-refractivity contribution is 5.98. The lowest BCUT2D eigenvalue weighted by Crippen LogP contribution is -2.19. The summed E-state index contributed by atoms with van der Waals surface area (Å²) in [5.41, 5.74) is 0.453. The molecule has 15 heavy (non-hydrogen) atoms. The maximum atomic E-state index is 12.0. The van der Waals surface area contributed by atoms with Gasteiger partial charge in [-0.15, -0.1) is 0 Å². The van der Waals surface area contributed by atoms with Crippen LogP contribution < -0.4 is 10.1 Å². The van der Waals surface area contributed by atoms with Crippen molar-refractivity contribution >= 4 is 5.78 Å². The van der Waals surface area contributed by atoms with Gasteiger partial charge in [0.1, 0.15) is 11.4 Å². The predicted octanol–water partition coefficient (Wildman–Crippen LogP) is 0.882. The molecule has 1 aromatic heterocycles. The number of Topliss-reactive ketones (excluding diaryl/α,β-unsaturated/α-hetero) is 1. The summed E-state index contributed by atoms with van der Waals surface area (Å²) in [7, 11) is 1.56. The summed E-state index contributed by atoms with van der Waals surface area (Å²) in [6, 6.07) is 3.53. The fourth-order valence-electron chi connectivity index (χ4n) is 1.81. The van der Waals surface area contributed by atoms with Crippen LogP contribution in [0.25, 0.3) is 0 Å². The van der Waals surface area contributed by atoms with Gasteiger partial charge in [0.05, 0.1) is 7.11 Å². The lowest BCUT2D eigenvalue weighted by molar-refractivity contribution is 0.0922. The summed E-state index contributed by atoms with van der Waals surface area (Å²) in [5.74, 6) is 0.695. The van der Waals surface area contributed by atoms with Crippen molar-refractivity contribution in [2.24, 2.45) is 5.92 Å². The minimum absolute atomic E-state index is 0.0498. The first-order chi connectivity index (χ1) is 7.33. The molecule has 2 rings (SSSR count). The molecule has 80 valence electrons. The van der Waals surface area contributed by atoms with E-state index in [-0.39, 0.29) is 11.7 Å². The number of nitrogens with zero attached hydrogens (tertiary/aromatic N) is 1. The van der Waals surface area contributed by atoms with E-state index in [2.05, 4.69) is 10.3 Å². The molecule has 1 aliphatic rings. The second-order valence-electron chi connectivity index (χ2n) is 3.61. The Morgan fingerprint density at radius 1 is 1.67 bits per heavy atom. The molecule has 0 aliphatic carbocycles. The molecule has 0 bridgehead atoms. The Labute approximate surface area is 88.7 Å². The second kappa shape index (κ2) is 4.40. The molecule has 0 saturated carbocycles. The normalized spacial score (nSPS) is 20.2. The van der Waals surface area contributed by atoms with Gasteiger partial charge < -0.3 is 10.1 Å². The summed E-state index contributed by atoms with van der Waals surface area (Å²) in [5, 5.41) is 3.17. The molecule has 0 aromatic carbocycles. The molecule has 0 spiro atoms. The van der Waals surface area contributed by atoms with Gasteiger partial charge in [-0.2, -0.15) is 0 Å². The summed E-state index contributed by atoms with van der Waals surface area (Å²) in [4.78, 5) is 16.1. The molecule has 1 saturated heterocycles. The Bertz CT molecular complexity index is 359. The number of methoxy groups -OCH3 is 1. The number of ketones is 1. The van der Waals surface area contributed by atoms with E-state index in [1.807, 2.05) is 0 Å². The van der Waals surface area contributed by atoms with E-state index < -0.39 is 0 Å². The number of hydrogen-bond acceptors (Lipinski definition) is 4. The maximum Gasteiger partial charge on any atom is 0.189 e. The molecule has 4 heteroatoms. The summed E-state index contributed by atoms with van der Waals surface area (Å²) < 4.78 is 5.12. The second-order valence-corrected chi connectivity index (χ2v) is 3.61. The zero-order valence-corrected chi connectivity index (χ0v) is 8.69. The predicted molar refractivity (Wildman–Crippen MR) is 56.1 cm³/mol. The molecule has 1 atom stereocenters. The topological polar surface area (TPSA) is 51.2 Å². The van der Waals surface area contributed by atoms with Crippen LogP contribution in [0.3, 0.4) is 0 Å². The zero-order chi connectivity index (χ0) is 10.7. The van der Waals surface area contributed by atoms with Gasteiger partial charge >= 0.3 is 0 Å². The van der Waals surface area contributed by atoms with Crippen LogP contribution in [0, 0.1) is 5.92 Å². The van der Waals surface area contributed by atoms with E-state index in [9.17, 15) is 4.79 Å². The minimum atomic E-state index is 0.0498. The molecule has 1 unspecified atom stereocenters. The SMILES string of the molecule is COc1cccnc1C(=O)C1CCNC1. The fraction of sp³-hybridized carbons (Fsp3) is 0.455. The monoisotopic (exact) mass is 206 g/mol. The van der Waals surface area contributed by atoms with E-state index >= 15 is 0 Å². The number of carbonyl (C=O) groups is 1. The zero-order valence-electron chi connectivity index (χ0n) is 8.69. The van der Waals surface area contributed by atoms with Crippen LogP contribution in [0.15, 0.2) is 18.3 Å². The van der Waals surface area contributed by atoms with Gasteiger partial charge in [-0.3, -0.25) is 4.79 Å². The largest absolute Gasteiger partial charge is 0.494 e. The Morgan fingerprint density at radius 2 is 2.53 bits per heavy atom. The molecule has 0 amide bonds. The summed E-state index contributed by atoms with van der Waals surface area (Å²) >= 11 is 0. The van der Waals surface area contributed by atoms with Gasteiger partial charge in [0.2, 0.25) is 0 Å². The Kier molecular flexibility index (Phi) is 2.97. The van der Waals surface area contributed by atoms with Crippen molar-refractivity contribution in [3.05, 3.63) is 24.0 Å². The van der Waals surface area contributed by atoms with Crippen molar-refractivity contribution in [1.82, 2.24) is 10.3 Å². The van der Waals surface area contributed by atoms with Gasteiger partial charge in [0, 0.05) is 18.7 Å². The van der Waals surface area contributed by atoms with Crippen molar-refractivity contribution in [3.63, 3.8) is 0 Å². The van der Waals surface area contributed by atoms with Crippen LogP contribution in [0.5, 0.6) is 5.75 Å². The standard InChI is InChI=1S/C11H14N2O2/c1-15-9-3-2-5-13-10(9)11(14)8-4-6-12-7-8/h2-3,5,8,12H,4,6-7H2,1H3. The molecule has 1 N–H and O–H groups in total. The Morgan fingerprint density at radius 3 is 3.20 bits per heavy atom. The van der Waals surface area contributed by atoms with Gasteiger partial charge in [-0.25, -0.2) is 4.98 Å². The first-order valence-corrected chi connectivity index (χ1v) is 5.07. The Balaban J connectivity index is 2.24. The third-order valence-corrected chi connectivity index (χ3v) is 2.66. The summed E-state index contributed by atoms with van der Waals surface area (Å²) in [6.07, 6.45) is 2.51. The van der Waals surface area contributed by atoms with Crippen molar-refractivity contribution in [1.29, 1.82) is 0 Å². The average Bonchev–Trinajstić information content (AvgIpc) is 2.81. The van der Waals surface area contributed by atoms with Crippen LogP contribution in [0.4, 0.5) is 0 Å². The smallest absolute Gasteiger partial charge is 0.189 e. The number of hydrogen-bond donors (Lipinski definition) is 1. The number of ether oxygens (including phenoxy) is 1. The van der Waals surface area contributed by atoms with Gasteiger partial charge in [0.15, 0.2) is 5.78 Å². The minimum Gasteiger partial charge on any atom is -0.494 e. The van der Waals surface area contributed by atoms with Crippen LogP contribution in [0.1, 0.15) is 16.9 Å². The quantitative estimate of drug-likeness (QED) is 0.746. The van der Waals surface area contributed by atoms with E-state index in [0.29, 0.717) is 11.4 Å². The molecule has 4 nitrogen and oxygen atoms in total. The number of pyridine rings is 1. The molecular weight excluding hydrogens is 192 g/mol. The molecule has 1 aromatic rings. The Hall–Kier alpha value is -1.42. The first-order valence-electron chi connectivity index (χ1n) is 5.07. The third-order valence-electron chi connectivity index (χ3n) is 2.66. The highest BCUT2D eigenvalue weighted by Crippen LogP contribution is 2.21. The number of aromatic nitrogens is 1. The van der Waals surface area contributed by atoms with E-state index in [4.69, 9.17) is 4.74 Å². The van der Waals surface area contributed by atoms with Crippen molar-refractivity contribution < 1.29 is 9.53 Å². The number of rotatable bonds is 3. The lowest BCUT2D eigenvalue weighted by atomic mass is 10.00. The average molecular weight is 206 g/mol. The molecule has 2 heterocycles. The summed E-state index contributed by atoms with van der Waals surface area (Å²) in [6.45, 7) is 1.66. The fourth-order valence-corrected chi connectivity index (χ4v) is 1.81. The van der Waals surface area contributed by atoms with Crippen LogP contribution >= 0.6 is 0 Å². The van der Waals surface area contributed by atoms with Crippen molar-refractivity contribution in [2.45, 2.75) is 6.42 Å². The highest BCUT2D eigenvalue weighted by Gasteiger charge is 2.26. The van der Waals surface area contributed by atoms with E-state index in [1.54, 1.807) is 25.4 Å². The van der Waals surface area contributed by atoms with E-state index in [0.717, 1.165) is 19.5 Å². The molecular formula is C11H14N2O2. The third kappa shape index (κ3) is 1.99. The number of nitrogens with one attached hydrogen (secondary N) is 1. The van der Waals surface area contributed by atoms with Crippen LogP contribution in [-0.2, 0) is 0 Å². The van der Waals surface area contributed by atoms with E-state index in [1.165, 1.54) is 0 Å². The van der Waals surface area contributed by atoms with Crippen molar-refractivity contribution in [3.8, 4) is 5.75 Å². The van der Waals surface area contributed by atoms with Crippen LogP contribution in [-0.4, -0.2) is 31.0 Å². The number of carbonyl (C=O) groups excluding carboxylic acids is 1. The first kappa shape index (κ1) is 10.1. The van der Waals surface area contributed by atoms with Crippen molar-refractivity contribution in [2.75, 3.05) is 20.2 Å². The molecule has 1 aliphatic heterocycles. The van der Waals surface area contributed by atoms with Gasteiger partial charge in [0.25, 0.3) is 0 Å². The highest BCUT2D eigenvalue weighted by atomic mass is 16.5. The van der Waals surface area contributed by atoms with Gasteiger partial charge in [-0.1, -0.05) is 0 Å². The maximum absolute atomic E-state index is 12.0. The van der Waals surface area contributed by atoms with Crippen LogP contribution in [0.2, 0.25) is 0 Å². The molecule has 1 fully saturated rings. The van der Waals surface area contributed by atoms with Gasteiger partial charge in [-0.05, 0) is 25.1 Å². The molecule has 0 radical (unpaired) electrons.